The monoisotopic (exact) mass is 363 g/mol. The van der Waals surface area contributed by atoms with Gasteiger partial charge in [0.15, 0.2) is 5.76 Å². The van der Waals surface area contributed by atoms with E-state index in [0.29, 0.717) is 31.9 Å². The number of rotatable bonds is 3. The van der Waals surface area contributed by atoms with Crippen molar-refractivity contribution < 1.29 is 14.0 Å². The van der Waals surface area contributed by atoms with E-state index in [-0.39, 0.29) is 24.2 Å². The molecular weight excluding hydrogens is 342 g/mol. The lowest BCUT2D eigenvalue weighted by molar-refractivity contribution is -0.134. The van der Waals surface area contributed by atoms with Gasteiger partial charge in [0.25, 0.3) is 5.91 Å². The number of aryl methyl sites for hydroxylation is 1. The second-order valence-corrected chi connectivity index (χ2v) is 5.98. The van der Waals surface area contributed by atoms with E-state index >= 15 is 0 Å². The molecule has 0 aliphatic carbocycles. The molecule has 2 N–H and O–H groups in total. The quantitative estimate of drug-likeness (QED) is 0.904. The third-order valence-electron chi connectivity index (χ3n) is 4.31. The first kappa shape index (κ1) is 19.0. The van der Waals surface area contributed by atoms with E-state index in [1.165, 1.54) is 6.26 Å². The van der Waals surface area contributed by atoms with Crippen LogP contribution < -0.4 is 5.73 Å². The van der Waals surface area contributed by atoms with E-state index < -0.39 is 6.04 Å². The van der Waals surface area contributed by atoms with Crippen LogP contribution in [0.1, 0.15) is 27.7 Å². The zero-order valence-electron chi connectivity index (χ0n) is 14.1. The smallest absolute Gasteiger partial charge is 0.289 e. The highest BCUT2D eigenvalue weighted by Crippen LogP contribution is 2.16. The summed E-state index contributed by atoms with van der Waals surface area (Å²) in [4.78, 5) is 28.2. The Hall–Kier alpha value is -2.31. The molecule has 0 bridgehead atoms. The number of furan rings is 1. The van der Waals surface area contributed by atoms with Crippen molar-refractivity contribution in [1.29, 1.82) is 0 Å². The predicted molar refractivity (Wildman–Crippen MR) is 96.5 cm³/mol. The van der Waals surface area contributed by atoms with Crippen molar-refractivity contribution in [3.63, 3.8) is 0 Å². The number of hydrogen-bond acceptors (Lipinski definition) is 4. The Kier molecular flexibility index (Phi) is 6.22. The van der Waals surface area contributed by atoms with Crippen molar-refractivity contribution in [3.05, 3.63) is 59.5 Å². The van der Waals surface area contributed by atoms with E-state index in [9.17, 15) is 9.59 Å². The van der Waals surface area contributed by atoms with Crippen LogP contribution in [0.4, 0.5) is 0 Å². The van der Waals surface area contributed by atoms with Gasteiger partial charge in [-0.3, -0.25) is 9.59 Å². The number of halogens is 1. The number of amides is 2. The average Bonchev–Trinajstić information content (AvgIpc) is 3.15. The van der Waals surface area contributed by atoms with Crippen LogP contribution in [0.5, 0.6) is 0 Å². The first-order valence-corrected chi connectivity index (χ1v) is 8.00. The standard InChI is InChI=1S/C18H21N3O3.ClH/c1-13-4-6-14(7-5-13)16(19)18(23)21-10-8-20(9-11-21)17(22)15-3-2-12-24-15;/h2-7,12,16H,8-11,19H2,1H3;1H. The maximum absolute atomic E-state index is 12.6. The van der Waals surface area contributed by atoms with Gasteiger partial charge in [0.1, 0.15) is 6.04 Å². The molecule has 2 aromatic rings. The average molecular weight is 364 g/mol. The van der Waals surface area contributed by atoms with E-state index in [2.05, 4.69) is 0 Å². The molecule has 0 radical (unpaired) electrons. The van der Waals surface area contributed by atoms with Crippen LogP contribution >= 0.6 is 12.4 Å². The van der Waals surface area contributed by atoms with Gasteiger partial charge in [0, 0.05) is 26.2 Å². The van der Waals surface area contributed by atoms with E-state index in [1.807, 2.05) is 31.2 Å². The van der Waals surface area contributed by atoms with Crippen molar-refractivity contribution in [2.24, 2.45) is 5.73 Å². The Morgan fingerprint density at radius 3 is 2.20 bits per heavy atom. The minimum absolute atomic E-state index is 0. The van der Waals surface area contributed by atoms with Gasteiger partial charge in [-0.25, -0.2) is 0 Å². The summed E-state index contributed by atoms with van der Waals surface area (Å²) in [6.45, 7) is 3.90. The second kappa shape index (κ2) is 8.18. The Balaban J connectivity index is 0.00000225. The van der Waals surface area contributed by atoms with Gasteiger partial charge in [-0.05, 0) is 24.6 Å². The lowest BCUT2D eigenvalue weighted by Crippen LogP contribution is -2.52. The molecule has 6 nitrogen and oxygen atoms in total. The third-order valence-corrected chi connectivity index (χ3v) is 4.31. The molecule has 134 valence electrons. The van der Waals surface area contributed by atoms with Crippen molar-refractivity contribution in [2.45, 2.75) is 13.0 Å². The van der Waals surface area contributed by atoms with Gasteiger partial charge in [0.2, 0.25) is 5.91 Å². The second-order valence-electron chi connectivity index (χ2n) is 5.98. The molecule has 1 aromatic heterocycles. The van der Waals surface area contributed by atoms with Crippen molar-refractivity contribution in [1.82, 2.24) is 9.80 Å². The molecule has 1 saturated heterocycles. The van der Waals surface area contributed by atoms with E-state index in [4.69, 9.17) is 10.2 Å². The van der Waals surface area contributed by atoms with Gasteiger partial charge in [-0.15, -0.1) is 12.4 Å². The van der Waals surface area contributed by atoms with Crippen molar-refractivity contribution in [3.8, 4) is 0 Å². The highest BCUT2D eigenvalue weighted by molar-refractivity contribution is 5.91. The fraction of sp³-hybridized carbons (Fsp3) is 0.333. The molecule has 1 aromatic carbocycles. The maximum atomic E-state index is 12.6. The molecule has 0 saturated carbocycles. The van der Waals surface area contributed by atoms with Crippen LogP contribution in [0.2, 0.25) is 0 Å². The van der Waals surface area contributed by atoms with Crippen molar-refractivity contribution >= 4 is 24.2 Å². The Morgan fingerprint density at radius 1 is 1.04 bits per heavy atom. The van der Waals surface area contributed by atoms with Crippen LogP contribution in [0, 0.1) is 6.92 Å². The molecule has 0 spiro atoms. The number of nitrogens with two attached hydrogens (primary N) is 1. The molecule has 2 amide bonds. The number of piperazine rings is 1. The summed E-state index contributed by atoms with van der Waals surface area (Å²) in [6, 6.07) is 10.3. The molecule has 1 aliphatic rings. The minimum Gasteiger partial charge on any atom is -0.459 e. The highest BCUT2D eigenvalue weighted by Gasteiger charge is 2.28. The van der Waals surface area contributed by atoms with Gasteiger partial charge in [-0.1, -0.05) is 29.8 Å². The summed E-state index contributed by atoms with van der Waals surface area (Å²) in [5, 5.41) is 0. The topological polar surface area (TPSA) is 79.8 Å². The van der Waals surface area contributed by atoms with Crippen LogP contribution in [0.15, 0.2) is 47.1 Å². The fourth-order valence-corrected chi connectivity index (χ4v) is 2.80. The zero-order chi connectivity index (χ0) is 17.1. The molecule has 3 rings (SSSR count). The molecule has 25 heavy (non-hydrogen) atoms. The third kappa shape index (κ3) is 4.21. The zero-order valence-corrected chi connectivity index (χ0v) is 14.9. The summed E-state index contributed by atoms with van der Waals surface area (Å²) in [7, 11) is 0. The van der Waals surface area contributed by atoms with Crippen LogP contribution in [-0.4, -0.2) is 47.8 Å². The molecule has 1 unspecified atom stereocenters. The Labute approximate surface area is 153 Å². The molecular formula is C18H22ClN3O3. The number of carbonyl (C=O) groups excluding carboxylic acids is 2. The first-order chi connectivity index (χ1) is 11.6. The molecule has 1 aliphatic heterocycles. The largest absolute Gasteiger partial charge is 0.459 e. The van der Waals surface area contributed by atoms with Crippen molar-refractivity contribution in [2.75, 3.05) is 26.2 Å². The molecule has 7 heteroatoms. The predicted octanol–water partition coefficient (Wildman–Crippen LogP) is 1.99. The SMILES string of the molecule is Cc1ccc(C(N)C(=O)N2CCN(C(=O)c3ccco3)CC2)cc1.Cl. The van der Waals surface area contributed by atoms with Crippen LogP contribution in [0.3, 0.4) is 0 Å². The number of carbonyl (C=O) groups is 2. The molecule has 2 heterocycles. The summed E-state index contributed by atoms with van der Waals surface area (Å²) < 4.78 is 5.14. The summed E-state index contributed by atoms with van der Waals surface area (Å²) in [5.41, 5.74) is 8.04. The number of nitrogens with zero attached hydrogens (tertiary/aromatic N) is 2. The van der Waals surface area contributed by atoms with Gasteiger partial charge in [0.05, 0.1) is 6.26 Å². The number of hydrogen-bond donors (Lipinski definition) is 1. The Bertz CT molecular complexity index is 708. The lowest BCUT2D eigenvalue weighted by Gasteiger charge is -2.35. The van der Waals surface area contributed by atoms with Crippen LogP contribution in [0.25, 0.3) is 0 Å². The fourth-order valence-electron chi connectivity index (χ4n) is 2.80. The van der Waals surface area contributed by atoms with E-state index in [1.54, 1.807) is 21.9 Å². The normalized spacial score (nSPS) is 15.4. The van der Waals surface area contributed by atoms with Crippen LogP contribution in [-0.2, 0) is 4.79 Å². The highest BCUT2D eigenvalue weighted by atomic mass is 35.5. The molecule has 1 atom stereocenters. The lowest BCUT2D eigenvalue weighted by atomic mass is 10.0. The summed E-state index contributed by atoms with van der Waals surface area (Å²) in [5.74, 6) is 0.0741. The number of benzene rings is 1. The van der Waals surface area contributed by atoms with Gasteiger partial charge < -0.3 is 20.0 Å². The molecule has 1 fully saturated rings. The summed E-state index contributed by atoms with van der Waals surface area (Å²) >= 11 is 0. The summed E-state index contributed by atoms with van der Waals surface area (Å²) in [6.07, 6.45) is 1.48. The van der Waals surface area contributed by atoms with Gasteiger partial charge >= 0.3 is 0 Å². The first-order valence-electron chi connectivity index (χ1n) is 8.00. The maximum Gasteiger partial charge on any atom is 0.289 e. The van der Waals surface area contributed by atoms with E-state index in [0.717, 1.165) is 11.1 Å². The van der Waals surface area contributed by atoms with Gasteiger partial charge in [-0.2, -0.15) is 0 Å². The Morgan fingerprint density at radius 2 is 1.64 bits per heavy atom. The minimum atomic E-state index is -0.669.